The smallest absolute Gasteiger partial charge is 0.251 e. The molecule has 0 spiro atoms. The van der Waals surface area contributed by atoms with Crippen molar-refractivity contribution in [3.05, 3.63) is 65.2 Å². The molecule has 1 amide bonds. The van der Waals surface area contributed by atoms with Crippen molar-refractivity contribution in [2.45, 2.75) is 11.4 Å². The van der Waals surface area contributed by atoms with Gasteiger partial charge in [0, 0.05) is 26.2 Å². The Morgan fingerprint density at radius 3 is 2.54 bits per heavy atom. The van der Waals surface area contributed by atoms with Crippen LogP contribution in [0.15, 0.2) is 53.4 Å². The second-order valence-electron chi connectivity index (χ2n) is 5.27. The summed E-state index contributed by atoms with van der Waals surface area (Å²) in [7, 11) is -0.679. The lowest BCUT2D eigenvalue weighted by atomic mass is 10.1. The number of hydrogen-bond acceptors (Lipinski definition) is 4. The topological polar surface area (TPSA) is 90.3 Å². The molecule has 0 aliphatic heterocycles. The first-order valence-corrected chi connectivity index (χ1v) is 8.59. The van der Waals surface area contributed by atoms with Crippen molar-refractivity contribution in [1.82, 2.24) is 9.62 Å². The lowest BCUT2D eigenvalue weighted by Crippen LogP contribution is -2.27. The van der Waals surface area contributed by atoms with Crippen molar-refractivity contribution in [2.24, 2.45) is 0 Å². The largest absolute Gasteiger partial charge is 0.348 e. The highest BCUT2D eigenvalue weighted by atomic mass is 32.2. The summed E-state index contributed by atoms with van der Waals surface area (Å²) in [6.07, 6.45) is 0. The number of nitrogens with zero attached hydrogens (tertiary/aromatic N) is 2. The summed E-state index contributed by atoms with van der Waals surface area (Å²) in [5.41, 5.74) is 1.23. The summed E-state index contributed by atoms with van der Waals surface area (Å²) in [6.45, 7) is 0.0683. The Morgan fingerprint density at radius 2 is 1.88 bits per heavy atom. The lowest BCUT2D eigenvalue weighted by Gasteiger charge is -2.15. The van der Waals surface area contributed by atoms with Crippen LogP contribution in [-0.2, 0) is 16.6 Å². The molecule has 1 N–H and O–H groups in total. The summed E-state index contributed by atoms with van der Waals surface area (Å²) < 4.78 is 25.8. The SMILES string of the molecule is CN(C)S(=O)(=O)c1ccccc1CNC(=O)c1cccc(C#N)c1. The van der Waals surface area contributed by atoms with Gasteiger partial charge in [-0.05, 0) is 29.8 Å². The molecule has 2 aromatic rings. The van der Waals surface area contributed by atoms with Crippen molar-refractivity contribution >= 4 is 15.9 Å². The third kappa shape index (κ3) is 3.79. The van der Waals surface area contributed by atoms with Crippen molar-refractivity contribution in [2.75, 3.05) is 14.1 Å². The Balaban J connectivity index is 2.21. The van der Waals surface area contributed by atoms with Gasteiger partial charge in [0.25, 0.3) is 5.91 Å². The van der Waals surface area contributed by atoms with Gasteiger partial charge in [-0.2, -0.15) is 5.26 Å². The molecule has 0 aliphatic carbocycles. The van der Waals surface area contributed by atoms with Crippen molar-refractivity contribution in [3.8, 4) is 6.07 Å². The number of sulfonamides is 1. The Morgan fingerprint density at radius 1 is 1.17 bits per heavy atom. The zero-order chi connectivity index (χ0) is 17.7. The van der Waals surface area contributed by atoms with Crippen LogP contribution in [0, 0.1) is 11.3 Å². The van der Waals surface area contributed by atoms with E-state index in [9.17, 15) is 13.2 Å². The van der Waals surface area contributed by atoms with Crippen LogP contribution in [0.3, 0.4) is 0 Å². The van der Waals surface area contributed by atoms with Crippen LogP contribution in [0.25, 0.3) is 0 Å². The maximum atomic E-state index is 12.3. The number of amides is 1. The minimum Gasteiger partial charge on any atom is -0.348 e. The zero-order valence-corrected chi connectivity index (χ0v) is 14.2. The van der Waals surface area contributed by atoms with Crippen LogP contribution in [0.1, 0.15) is 21.5 Å². The average molecular weight is 343 g/mol. The summed E-state index contributed by atoms with van der Waals surface area (Å²) in [6, 6.07) is 14.8. The molecule has 124 valence electrons. The van der Waals surface area contributed by atoms with Gasteiger partial charge in [0.2, 0.25) is 10.0 Å². The monoisotopic (exact) mass is 343 g/mol. The molecule has 2 rings (SSSR count). The molecule has 0 aromatic heterocycles. The van der Waals surface area contributed by atoms with Crippen LogP contribution >= 0.6 is 0 Å². The molecule has 6 nitrogen and oxygen atoms in total. The fourth-order valence-electron chi connectivity index (χ4n) is 2.11. The van der Waals surface area contributed by atoms with Gasteiger partial charge in [-0.1, -0.05) is 24.3 Å². The van der Waals surface area contributed by atoms with E-state index in [1.807, 2.05) is 6.07 Å². The Labute approximate surface area is 141 Å². The molecular formula is C17H17N3O3S. The number of carbonyl (C=O) groups is 1. The first kappa shape index (κ1) is 17.7. The number of benzene rings is 2. The molecule has 0 radical (unpaired) electrons. The molecule has 7 heteroatoms. The second-order valence-corrected chi connectivity index (χ2v) is 7.39. The highest BCUT2D eigenvalue weighted by Gasteiger charge is 2.20. The molecule has 0 bridgehead atoms. The van der Waals surface area contributed by atoms with E-state index in [2.05, 4.69) is 5.32 Å². The van der Waals surface area contributed by atoms with Gasteiger partial charge < -0.3 is 5.32 Å². The van der Waals surface area contributed by atoms with E-state index in [0.717, 1.165) is 4.31 Å². The minimum atomic E-state index is -3.59. The normalized spacial score (nSPS) is 11.1. The fourth-order valence-corrected chi connectivity index (χ4v) is 3.22. The Hall–Kier alpha value is -2.69. The highest BCUT2D eigenvalue weighted by Crippen LogP contribution is 2.18. The predicted octanol–water partition coefficient (Wildman–Crippen LogP) is 1.74. The molecule has 0 unspecified atom stereocenters. The van der Waals surface area contributed by atoms with Gasteiger partial charge in [0.1, 0.15) is 0 Å². The third-order valence-corrected chi connectivity index (χ3v) is 5.34. The van der Waals surface area contributed by atoms with Crippen LogP contribution in [0.2, 0.25) is 0 Å². The van der Waals surface area contributed by atoms with E-state index in [4.69, 9.17) is 5.26 Å². The third-order valence-electron chi connectivity index (χ3n) is 3.42. The Bertz CT molecular complexity index is 899. The molecule has 0 saturated heterocycles. The molecule has 0 fully saturated rings. The summed E-state index contributed by atoms with van der Waals surface area (Å²) >= 11 is 0. The molecule has 0 aliphatic rings. The van der Waals surface area contributed by atoms with Crippen molar-refractivity contribution < 1.29 is 13.2 Å². The van der Waals surface area contributed by atoms with E-state index in [1.165, 1.54) is 26.2 Å². The molecule has 0 heterocycles. The van der Waals surface area contributed by atoms with Crippen molar-refractivity contribution in [1.29, 1.82) is 5.26 Å². The van der Waals surface area contributed by atoms with Gasteiger partial charge in [-0.15, -0.1) is 0 Å². The van der Waals surface area contributed by atoms with E-state index in [0.29, 0.717) is 16.7 Å². The minimum absolute atomic E-state index is 0.0683. The maximum absolute atomic E-state index is 12.3. The van der Waals surface area contributed by atoms with Gasteiger partial charge >= 0.3 is 0 Å². The summed E-state index contributed by atoms with van der Waals surface area (Å²) in [4.78, 5) is 12.4. The number of nitriles is 1. The number of rotatable bonds is 5. The maximum Gasteiger partial charge on any atom is 0.251 e. The first-order chi connectivity index (χ1) is 11.4. The van der Waals surface area contributed by atoms with Gasteiger partial charge in [0.15, 0.2) is 0 Å². The van der Waals surface area contributed by atoms with E-state index >= 15 is 0 Å². The van der Waals surface area contributed by atoms with Crippen molar-refractivity contribution in [3.63, 3.8) is 0 Å². The molecule has 0 saturated carbocycles. The average Bonchev–Trinajstić information content (AvgIpc) is 2.59. The summed E-state index contributed by atoms with van der Waals surface area (Å²) in [5, 5.41) is 11.6. The fraction of sp³-hybridized carbons (Fsp3) is 0.176. The number of carbonyl (C=O) groups excluding carboxylic acids is 1. The van der Waals surface area contributed by atoms with Crippen LogP contribution in [0.5, 0.6) is 0 Å². The van der Waals surface area contributed by atoms with Gasteiger partial charge in [-0.25, -0.2) is 12.7 Å². The van der Waals surface area contributed by atoms with Crippen LogP contribution < -0.4 is 5.32 Å². The number of nitrogens with one attached hydrogen (secondary N) is 1. The van der Waals surface area contributed by atoms with Crippen LogP contribution in [0.4, 0.5) is 0 Å². The second kappa shape index (κ2) is 7.25. The van der Waals surface area contributed by atoms with Crippen LogP contribution in [-0.4, -0.2) is 32.7 Å². The highest BCUT2D eigenvalue weighted by molar-refractivity contribution is 7.89. The number of hydrogen-bond donors (Lipinski definition) is 1. The zero-order valence-electron chi connectivity index (χ0n) is 13.4. The van der Waals surface area contributed by atoms with E-state index < -0.39 is 10.0 Å². The van der Waals surface area contributed by atoms with E-state index in [-0.39, 0.29) is 17.3 Å². The predicted molar refractivity (Wildman–Crippen MR) is 89.6 cm³/mol. The quantitative estimate of drug-likeness (QED) is 0.895. The Kier molecular flexibility index (Phi) is 5.34. The molecule has 2 aromatic carbocycles. The lowest BCUT2D eigenvalue weighted by molar-refractivity contribution is 0.0950. The van der Waals surface area contributed by atoms with Gasteiger partial charge in [-0.3, -0.25) is 4.79 Å². The molecular weight excluding hydrogens is 326 g/mol. The van der Waals surface area contributed by atoms with Gasteiger partial charge in [0.05, 0.1) is 16.5 Å². The first-order valence-electron chi connectivity index (χ1n) is 7.15. The molecule has 24 heavy (non-hydrogen) atoms. The molecule has 0 atom stereocenters. The standard InChI is InChI=1S/C17H17N3O3S/c1-20(2)24(22,23)16-9-4-3-7-15(16)12-19-17(21)14-8-5-6-13(10-14)11-18/h3-10H,12H2,1-2H3,(H,19,21). The summed E-state index contributed by atoms with van der Waals surface area (Å²) in [5.74, 6) is -0.371. The van der Waals surface area contributed by atoms with E-state index in [1.54, 1.807) is 36.4 Å².